The Labute approximate surface area is 109 Å². The summed E-state index contributed by atoms with van der Waals surface area (Å²) in [4.78, 5) is 10.7. The van der Waals surface area contributed by atoms with Gasteiger partial charge >= 0.3 is 5.97 Å². The second-order valence-electron chi connectivity index (χ2n) is 3.51. The van der Waals surface area contributed by atoms with E-state index in [1.807, 2.05) is 0 Å². The van der Waals surface area contributed by atoms with Crippen LogP contribution in [0.4, 0.5) is 0 Å². The van der Waals surface area contributed by atoms with Gasteiger partial charge in [0.05, 0.1) is 12.2 Å². The molecule has 0 aliphatic carbocycles. The zero-order valence-electron chi connectivity index (χ0n) is 9.61. The van der Waals surface area contributed by atoms with E-state index in [1.54, 1.807) is 25.3 Å². The van der Waals surface area contributed by atoms with E-state index in [0.717, 1.165) is 16.5 Å². The number of ether oxygens (including phenoxy) is 2. The Kier molecular flexibility index (Phi) is 6.18. The molecule has 0 unspecified atom stereocenters. The maximum Gasteiger partial charge on any atom is 0.335 e. The first-order chi connectivity index (χ1) is 8.15. The maximum absolute atomic E-state index is 10.7. The van der Waals surface area contributed by atoms with Crippen LogP contribution in [-0.2, 0) is 16.1 Å². The molecule has 1 aromatic carbocycles. The van der Waals surface area contributed by atoms with E-state index in [9.17, 15) is 4.79 Å². The summed E-state index contributed by atoms with van der Waals surface area (Å²) in [5.74, 6) is -0.932. The number of hydrogen-bond acceptors (Lipinski definition) is 3. The third-order valence-corrected chi connectivity index (χ3v) is 2.93. The van der Waals surface area contributed by atoms with Gasteiger partial charge in [-0.3, -0.25) is 0 Å². The standard InChI is InChI=1S/C12H15BrO4/c1-16-5-2-6-17-8-10-4-3-9(12(14)15)7-11(10)13/h3-4,7H,2,5-6,8H2,1H3,(H,14,15). The summed E-state index contributed by atoms with van der Waals surface area (Å²) in [6.07, 6.45) is 0.849. The molecule has 5 heteroatoms. The van der Waals surface area contributed by atoms with Crippen LogP contribution in [0.5, 0.6) is 0 Å². The minimum Gasteiger partial charge on any atom is -0.478 e. The zero-order chi connectivity index (χ0) is 12.7. The lowest BCUT2D eigenvalue weighted by Gasteiger charge is -2.07. The van der Waals surface area contributed by atoms with Crippen LogP contribution in [0, 0.1) is 0 Å². The molecule has 0 fully saturated rings. The smallest absolute Gasteiger partial charge is 0.335 e. The Hall–Kier alpha value is -0.910. The highest BCUT2D eigenvalue weighted by molar-refractivity contribution is 9.10. The Balaban J connectivity index is 2.46. The average Bonchev–Trinajstić information content (AvgIpc) is 2.30. The van der Waals surface area contributed by atoms with E-state index in [1.165, 1.54) is 0 Å². The summed E-state index contributed by atoms with van der Waals surface area (Å²) in [7, 11) is 1.65. The lowest BCUT2D eigenvalue weighted by molar-refractivity contribution is 0.0696. The number of carbonyl (C=O) groups is 1. The molecule has 1 rings (SSSR count). The second kappa shape index (κ2) is 7.42. The normalized spacial score (nSPS) is 10.5. The minimum absolute atomic E-state index is 0.264. The van der Waals surface area contributed by atoms with Crippen molar-refractivity contribution in [2.75, 3.05) is 20.3 Å². The predicted molar refractivity (Wildman–Crippen MR) is 67.3 cm³/mol. The number of rotatable bonds is 7. The monoisotopic (exact) mass is 302 g/mol. The summed E-state index contributed by atoms with van der Waals surface area (Å²) in [5.41, 5.74) is 1.20. The van der Waals surface area contributed by atoms with Gasteiger partial charge in [-0.05, 0) is 24.1 Å². The molecule has 0 saturated heterocycles. The van der Waals surface area contributed by atoms with Gasteiger partial charge in [-0.1, -0.05) is 22.0 Å². The number of aromatic carboxylic acids is 1. The van der Waals surface area contributed by atoms with Gasteiger partial charge in [0.15, 0.2) is 0 Å². The van der Waals surface area contributed by atoms with E-state index < -0.39 is 5.97 Å². The van der Waals surface area contributed by atoms with Crippen LogP contribution in [0.3, 0.4) is 0 Å². The third-order valence-electron chi connectivity index (χ3n) is 2.19. The Morgan fingerprint density at radius 2 is 2.18 bits per heavy atom. The van der Waals surface area contributed by atoms with Gasteiger partial charge in [0, 0.05) is 24.8 Å². The molecule has 0 bridgehead atoms. The number of benzene rings is 1. The van der Waals surface area contributed by atoms with Gasteiger partial charge in [-0.25, -0.2) is 4.79 Å². The molecule has 94 valence electrons. The van der Waals surface area contributed by atoms with Crippen molar-refractivity contribution in [1.29, 1.82) is 0 Å². The van der Waals surface area contributed by atoms with Crippen molar-refractivity contribution in [1.82, 2.24) is 0 Å². The number of carboxylic acid groups (broad SMARTS) is 1. The average molecular weight is 303 g/mol. The SMILES string of the molecule is COCCCOCc1ccc(C(=O)O)cc1Br. The molecule has 0 radical (unpaired) electrons. The first-order valence-electron chi connectivity index (χ1n) is 5.23. The van der Waals surface area contributed by atoms with Crippen LogP contribution >= 0.6 is 15.9 Å². The van der Waals surface area contributed by atoms with Crippen LogP contribution in [0.1, 0.15) is 22.3 Å². The summed E-state index contributed by atoms with van der Waals surface area (Å²) >= 11 is 3.33. The maximum atomic E-state index is 10.7. The first kappa shape index (κ1) is 14.2. The van der Waals surface area contributed by atoms with Gasteiger partial charge < -0.3 is 14.6 Å². The third kappa shape index (κ3) is 4.85. The lowest BCUT2D eigenvalue weighted by atomic mass is 10.1. The number of carboxylic acids is 1. The largest absolute Gasteiger partial charge is 0.478 e. The van der Waals surface area contributed by atoms with E-state index in [2.05, 4.69) is 15.9 Å². The highest BCUT2D eigenvalue weighted by Crippen LogP contribution is 2.19. The number of halogens is 1. The van der Waals surface area contributed by atoms with Gasteiger partial charge in [0.1, 0.15) is 0 Å². The highest BCUT2D eigenvalue weighted by atomic mass is 79.9. The van der Waals surface area contributed by atoms with Crippen LogP contribution in [0.2, 0.25) is 0 Å². The van der Waals surface area contributed by atoms with Gasteiger partial charge in [-0.15, -0.1) is 0 Å². The van der Waals surface area contributed by atoms with E-state index in [-0.39, 0.29) is 5.56 Å². The van der Waals surface area contributed by atoms with Crippen LogP contribution in [0.15, 0.2) is 22.7 Å². The fourth-order valence-corrected chi connectivity index (χ4v) is 1.78. The Bertz CT molecular complexity index is 379. The van der Waals surface area contributed by atoms with Crippen molar-refractivity contribution in [3.8, 4) is 0 Å². The second-order valence-corrected chi connectivity index (χ2v) is 4.36. The molecule has 1 N–H and O–H groups in total. The van der Waals surface area contributed by atoms with Crippen LogP contribution in [-0.4, -0.2) is 31.4 Å². The topological polar surface area (TPSA) is 55.8 Å². The van der Waals surface area contributed by atoms with Crippen molar-refractivity contribution in [2.45, 2.75) is 13.0 Å². The van der Waals surface area contributed by atoms with Crippen molar-refractivity contribution >= 4 is 21.9 Å². The molecule has 0 aliphatic rings. The predicted octanol–water partition coefficient (Wildman–Crippen LogP) is 2.70. The van der Waals surface area contributed by atoms with Crippen LogP contribution in [0.25, 0.3) is 0 Å². The molecule has 0 spiro atoms. The van der Waals surface area contributed by atoms with Gasteiger partial charge in [0.2, 0.25) is 0 Å². The van der Waals surface area contributed by atoms with Crippen molar-refractivity contribution in [3.05, 3.63) is 33.8 Å². The van der Waals surface area contributed by atoms with Crippen molar-refractivity contribution in [3.63, 3.8) is 0 Å². The highest BCUT2D eigenvalue weighted by Gasteiger charge is 2.06. The summed E-state index contributed by atoms with van der Waals surface area (Å²) in [5, 5.41) is 8.81. The van der Waals surface area contributed by atoms with Crippen LogP contribution < -0.4 is 0 Å². The van der Waals surface area contributed by atoms with E-state index in [0.29, 0.717) is 19.8 Å². The molecular formula is C12H15BrO4. The van der Waals surface area contributed by atoms with Gasteiger partial charge in [0.25, 0.3) is 0 Å². The summed E-state index contributed by atoms with van der Waals surface area (Å²) in [6, 6.07) is 4.90. The molecule has 17 heavy (non-hydrogen) atoms. The molecule has 0 heterocycles. The number of hydrogen-bond donors (Lipinski definition) is 1. The minimum atomic E-state index is -0.932. The fourth-order valence-electron chi connectivity index (χ4n) is 1.28. The summed E-state index contributed by atoms with van der Waals surface area (Å²) in [6.45, 7) is 1.77. The fraction of sp³-hybridized carbons (Fsp3) is 0.417. The molecule has 0 saturated carbocycles. The Morgan fingerprint density at radius 1 is 1.41 bits per heavy atom. The molecule has 0 aliphatic heterocycles. The molecule has 4 nitrogen and oxygen atoms in total. The number of methoxy groups -OCH3 is 1. The van der Waals surface area contributed by atoms with E-state index in [4.69, 9.17) is 14.6 Å². The Morgan fingerprint density at radius 3 is 2.76 bits per heavy atom. The lowest BCUT2D eigenvalue weighted by Crippen LogP contribution is -2.01. The first-order valence-corrected chi connectivity index (χ1v) is 6.03. The molecular weight excluding hydrogens is 288 g/mol. The zero-order valence-corrected chi connectivity index (χ0v) is 11.2. The quantitative estimate of drug-likeness (QED) is 0.787. The van der Waals surface area contributed by atoms with Crippen molar-refractivity contribution in [2.24, 2.45) is 0 Å². The van der Waals surface area contributed by atoms with Gasteiger partial charge in [-0.2, -0.15) is 0 Å². The molecule has 0 atom stereocenters. The molecule has 1 aromatic rings. The molecule has 0 aromatic heterocycles. The van der Waals surface area contributed by atoms with Crippen molar-refractivity contribution < 1.29 is 19.4 Å². The molecule has 0 amide bonds. The summed E-state index contributed by atoms with van der Waals surface area (Å²) < 4.78 is 11.1. The van der Waals surface area contributed by atoms with E-state index >= 15 is 0 Å².